The van der Waals surface area contributed by atoms with Gasteiger partial charge in [-0.2, -0.15) is 5.26 Å². The summed E-state index contributed by atoms with van der Waals surface area (Å²) < 4.78 is 27.2. The number of pyridine rings is 1. The molecule has 0 atom stereocenters. The number of hydrogen-bond donors (Lipinski definition) is 2. The molecular formula is C14H14N4O2S. The summed E-state index contributed by atoms with van der Waals surface area (Å²) in [4.78, 5) is 3.59. The molecule has 0 fully saturated rings. The molecule has 0 radical (unpaired) electrons. The number of benzene rings is 1. The first-order valence-corrected chi connectivity index (χ1v) is 7.58. The van der Waals surface area contributed by atoms with E-state index in [2.05, 4.69) is 9.71 Å². The lowest BCUT2D eigenvalue weighted by Crippen LogP contribution is -2.16. The van der Waals surface area contributed by atoms with Gasteiger partial charge in [0.1, 0.15) is 11.0 Å². The van der Waals surface area contributed by atoms with Crippen molar-refractivity contribution < 1.29 is 8.42 Å². The Balaban J connectivity index is 2.48. The van der Waals surface area contributed by atoms with Crippen LogP contribution in [0.3, 0.4) is 0 Å². The van der Waals surface area contributed by atoms with E-state index in [-0.39, 0.29) is 10.6 Å². The molecule has 0 unspecified atom stereocenters. The normalized spacial score (nSPS) is 10.9. The van der Waals surface area contributed by atoms with Crippen LogP contribution in [0.15, 0.2) is 35.4 Å². The van der Waals surface area contributed by atoms with E-state index in [0.29, 0.717) is 11.4 Å². The van der Waals surface area contributed by atoms with Crippen molar-refractivity contribution in [3.05, 3.63) is 47.3 Å². The third-order valence-electron chi connectivity index (χ3n) is 3.02. The van der Waals surface area contributed by atoms with Crippen molar-refractivity contribution in [2.75, 3.05) is 10.5 Å². The summed E-state index contributed by atoms with van der Waals surface area (Å²) in [6, 6.07) is 7.92. The molecule has 2 aromatic rings. The number of aryl methyl sites for hydroxylation is 2. The summed E-state index contributed by atoms with van der Waals surface area (Å²) >= 11 is 0. The summed E-state index contributed by atoms with van der Waals surface area (Å²) in [7, 11) is -3.90. The minimum absolute atomic E-state index is 0.150. The molecule has 1 aromatic carbocycles. The van der Waals surface area contributed by atoms with Crippen molar-refractivity contribution in [1.29, 1.82) is 5.26 Å². The molecule has 3 N–H and O–H groups in total. The molecule has 0 aliphatic rings. The number of nitrogens with zero attached hydrogens (tertiary/aromatic N) is 2. The molecule has 7 heteroatoms. The number of rotatable bonds is 3. The van der Waals surface area contributed by atoms with E-state index in [4.69, 9.17) is 11.0 Å². The van der Waals surface area contributed by atoms with Crippen LogP contribution in [0.4, 0.5) is 11.4 Å². The average Bonchev–Trinajstić information content (AvgIpc) is 2.44. The van der Waals surface area contributed by atoms with E-state index >= 15 is 0 Å². The lowest BCUT2D eigenvalue weighted by Gasteiger charge is -2.13. The fourth-order valence-electron chi connectivity index (χ4n) is 1.87. The van der Waals surface area contributed by atoms with Gasteiger partial charge >= 0.3 is 0 Å². The number of aromatic nitrogens is 1. The highest BCUT2D eigenvalue weighted by molar-refractivity contribution is 7.92. The van der Waals surface area contributed by atoms with Crippen LogP contribution in [-0.2, 0) is 10.0 Å². The molecule has 0 saturated heterocycles. The van der Waals surface area contributed by atoms with Crippen LogP contribution in [-0.4, -0.2) is 13.4 Å². The number of nitrogens with two attached hydrogens (primary N) is 1. The van der Waals surface area contributed by atoms with E-state index in [1.807, 2.05) is 6.92 Å². The van der Waals surface area contributed by atoms with Crippen molar-refractivity contribution in [3.63, 3.8) is 0 Å². The highest BCUT2D eigenvalue weighted by atomic mass is 32.2. The maximum Gasteiger partial charge on any atom is 0.264 e. The first-order valence-electron chi connectivity index (χ1n) is 6.10. The second-order valence-electron chi connectivity index (χ2n) is 4.59. The van der Waals surface area contributed by atoms with Crippen molar-refractivity contribution in [2.45, 2.75) is 18.7 Å². The van der Waals surface area contributed by atoms with Crippen molar-refractivity contribution in [1.82, 2.24) is 4.98 Å². The first-order chi connectivity index (χ1) is 9.85. The Morgan fingerprint density at radius 3 is 2.67 bits per heavy atom. The van der Waals surface area contributed by atoms with Crippen LogP contribution in [0.1, 0.15) is 16.8 Å². The Morgan fingerprint density at radius 2 is 2.00 bits per heavy atom. The summed E-state index contributed by atoms with van der Waals surface area (Å²) in [6.45, 7) is 3.62. The quantitative estimate of drug-likeness (QED) is 0.842. The van der Waals surface area contributed by atoms with Gasteiger partial charge in [-0.25, -0.2) is 13.4 Å². The summed E-state index contributed by atoms with van der Waals surface area (Å²) in [5.74, 6) is 0. The van der Waals surface area contributed by atoms with Crippen molar-refractivity contribution in [3.8, 4) is 6.07 Å². The minimum Gasteiger partial charge on any atom is -0.398 e. The molecule has 108 valence electrons. The lowest BCUT2D eigenvalue weighted by molar-refractivity contribution is 0.600. The van der Waals surface area contributed by atoms with E-state index < -0.39 is 10.0 Å². The Morgan fingerprint density at radius 1 is 1.29 bits per heavy atom. The Hall–Kier alpha value is -2.59. The number of anilines is 2. The SMILES string of the molecule is Cc1cc(C)c(NS(=O)(=O)c2cccnc2C#N)cc1N. The van der Waals surface area contributed by atoms with Crippen LogP contribution in [0.2, 0.25) is 0 Å². The van der Waals surface area contributed by atoms with Crippen LogP contribution in [0, 0.1) is 25.2 Å². The molecule has 21 heavy (non-hydrogen) atoms. The predicted octanol–water partition coefficient (Wildman–Crippen LogP) is 1.95. The van der Waals surface area contributed by atoms with Gasteiger partial charge in [0.15, 0.2) is 5.69 Å². The fourth-order valence-corrected chi connectivity index (χ4v) is 3.10. The van der Waals surface area contributed by atoms with Crippen LogP contribution in [0.25, 0.3) is 0 Å². The monoisotopic (exact) mass is 302 g/mol. The molecule has 1 aromatic heterocycles. The topological polar surface area (TPSA) is 109 Å². The van der Waals surface area contributed by atoms with Crippen LogP contribution in [0.5, 0.6) is 0 Å². The van der Waals surface area contributed by atoms with Gasteiger partial charge in [-0.1, -0.05) is 6.07 Å². The first kappa shape index (κ1) is 14.8. The smallest absolute Gasteiger partial charge is 0.264 e. The molecular weight excluding hydrogens is 288 g/mol. The second kappa shape index (κ2) is 5.42. The van der Waals surface area contributed by atoms with Crippen LogP contribution < -0.4 is 10.5 Å². The van der Waals surface area contributed by atoms with Gasteiger partial charge < -0.3 is 5.73 Å². The maximum atomic E-state index is 12.4. The molecule has 1 heterocycles. The zero-order valence-corrected chi connectivity index (χ0v) is 12.4. The average molecular weight is 302 g/mol. The molecule has 2 rings (SSSR count). The lowest BCUT2D eigenvalue weighted by atomic mass is 10.1. The molecule has 0 aliphatic heterocycles. The molecule has 6 nitrogen and oxygen atoms in total. The van der Waals surface area contributed by atoms with Gasteiger partial charge in [0.25, 0.3) is 10.0 Å². The highest BCUT2D eigenvalue weighted by Gasteiger charge is 2.20. The minimum atomic E-state index is -3.90. The third kappa shape index (κ3) is 2.95. The van der Waals surface area contributed by atoms with Crippen molar-refractivity contribution >= 4 is 21.4 Å². The standard InChI is InChI=1S/C14H14N4O2S/c1-9-6-10(2)12(7-11(9)16)18-21(19,20)14-4-3-5-17-13(14)8-15/h3-7,18H,16H2,1-2H3. The maximum absolute atomic E-state index is 12.4. The Labute approximate surface area is 123 Å². The van der Waals surface area contributed by atoms with Gasteiger partial charge in [-0.15, -0.1) is 0 Å². The van der Waals surface area contributed by atoms with Gasteiger partial charge in [0.2, 0.25) is 0 Å². The molecule has 0 amide bonds. The van der Waals surface area contributed by atoms with Crippen molar-refractivity contribution in [2.24, 2.45) is 0 Å². The molecule has 0 spiro atoms. The van der Waals surface area contributed by atoms with Gasteiger partial charge in [-0.3, -0.25) is 4.72 Å². The molecule has 0 bridgehead atoms. The van der Waals surface area contributed by atoms with E-state index in [0.717, 1.165) is 11.1 Å². The number of nitriles is 1. The van der Waals surface area contributed by atoms with Gasteiger partial charge in [0, 0.05) is 11.9 Å². The van der Waals surface area contributed by atoms with Gasteiger partial charge in [0.05, 0.1) is 5.69 Å². The zero-order chi connectivity index (χ0) is 15.6. The highest BCUT2D eigenvalue weighted by Crippen LogP contribution is 2.25. The summed E-state index contributed by atoms with van der Waals surface area (Å²) in [5, 5.41) is 8.96. The third-order valence-corrected chi connectivity index (χ3v) is 4.42. The van der Waals surface area contributed by atoms with Crippen LogP contribution >= 0.6 is 0 Å². The predicted molar refractivity (Wildman–Crippen MR) is 80.1 cm³/mol. The summed E-state index contributed by atoms with van der Waals surface area (Å²) in [6.07, 6.45) is 1.37. The molecule has 0 aliphatic carbocycles. The second-order valence-corrected chi connectivity index (χ2v) is 6.24. The Kier molecular flexibility index (Phi) is 3.82. The summed E-state index contributed by atoms with van der Waals surface area (Å²) in [5.41, 5.74) is 8.14. The number of nitrogens with one attached hydrogen (secondary N) is 1. The number of hydrogen-bond acceptors (Lipinski definition) is 5. The van der Waals surface area contributed by atoms with E-state index in [1.165, 1.54) is 18.3 Å². The van der Waals surface area contributed by atoms with E-state index in [1.54, 1.807) is 25.1 Å². The van der Waals surface area contributed by atoms with Gasteiger partial charge in [-0.05, 0) is 43.2 Å². The fraction of sp³-hybridized carbons (Fsp3) is 0.143. The largest absolute Gasteiger partial charge is 0.398 e. The molecule has 0 saturated carbocycles. The Bertz CT molecular complexity index is 839. The van der Waals surface area contributed by atoms with E-state index in [9.17, 15) is 8.42 Å². The zero-order valence-electron chi connectivity index (χ0n) is 11.6. The number of nitrogen functional groups attached to an aromatic ring is 1. The number of sulfonamides is 1.